The van der Waals surface area contributed by atoms with Crippen molar-refractivity contribution in [2.45, 2.75) is 33.3 Å². The molecule has 0 aromatic heterocycles. The van der Waals surface area contributed by atoms with Gasteiger partial charge in [0.1, 0.15) is 12.4 Å². The highest BCUT2D eigenvalue weighted by Crippen LogP contribution is 2.31. The van der Waals surface area contributed by atoms with Gasteiger partial charge in [0.2, 0.25) is 0 Å². The molecule has 32 heavy (non-hydrogen) atoms. The largest absolute Gasteiger partial charge is 0.490 e. The molecule has 168 valence electrons. The van der Waals surface area contributed by atoms with Crippen molar-refractivity contribution >= 4 is 16.9 Å². The zero-order chi connectivity index (χ0) is 23.3. The van der Waals surface area contributed by atoms with Gasteiger partial charge in [0.25, 0.3) is 0 Å². The van der Waals surface area contributed by atoms with Gasteiger partial charge in [-0.2, -0.15) is 0 Å². The Labute approximate surface area is 191 Å². The van der Waals surface area contributed by atoms with Crippen LogP contribution >= 0.6 is 0 Å². The first-order valence-electron chi connectivity index (χ1n) is 10.8. The molecule has 2 aromatic carbocycles. The Kier molecular flexibility index (Phi) is 7.11. The van der Waals surface area contributed by atoms with E-state index in [0.29, 0.717) is 12.3 Å². The summed E-state index contributed by atoms with van der Waals surface area (Å²) in [7, 11) is 0. The minimum atomic E-state index is -0.873. The van der Waals surface area contributed by atoms with Crippen LogP contribution in [-0.2, 0) is 5.60 Å². The molecule has 0 aliphatic carbocycles. The monoisotopic (exact) mass is 431 g/mol. The van der Waals surface area contributed by atoms with Crippen LogP contribution in [0.4, 0.5) is 11.4 Å². The standard InChI is InChI=1S/C27H33N3O2/c1-7-15-30(18-19(2)22-8-13-25-26(17-22)32-16-14-28-25)21(4)20(3)29-24-11-9-23(10-12-24)27(5,6)31/h7-13,15,17-18,28-29,31H,3-4,14,16H2,1-2,5-6H3/b15-7-,19-18+. The van der Waals surface area contributed by atoms with E-state index in [2.05, 4.69) is 42.8 Å². The zero-order valence-electron chi connectivity index (χ0n) is 19.4. The second-order valence-corrected chi connectivity index (χ2v) is 8.37. The van der Waals surface area contributed by atoms with Crippen molar-refractivity contribution in [3.63, 3.8) is 0 Å². The molecule has 0 radical (unpaired) electrons. The Balaban J connectivity index is 1.75. The van der Waals surface area contributed by atoms with E-state index in [-0.39, 0.29) is 0 Å². The van der Waals surface area contributed by atoms with Gasteiger partial charge >= 0.3 is 0 Å². The Morgan fingerprint density at radius 3 is 2.56 bits per heavy atom. The number of allylic oxidation sites excluding steroid dienone is 2. The van der Waals surface area contributed by atoms with Gasteiger partial charge < -0.3 is 25.4 Å². The SMILES string of the molecule is C=C(Nc1ccc(C(C)(C)O)cc1)C(=C)N(/C=C\C)/C=C(\C)c1ccc2c(c1)OCCN2. The highest BCUT2D eigenvalue weighted by atomic mass is 16.5. The van der Waals surface area contributed by atoms with E-state index in [1.807, 2.05) is 60.6 Å². The smallest absolute Gasteiger partial charge is 0.143 e. The van der Waals surface area contributed by atoms with Crippen molar-refractivity contribution < 1.29 is 9.84 Å². The van der Waals surface area contributed by atoms with E-state index in [1.165, 1.54) is 0 Å². The summed E-state index contributed by atoms with van der Waals surface area (Å²) >= 11 is 0. The Bertz CT molecular complexity index is 1040. The van der Waals surface area contributed by atoms with Crippen LogP contribution in [0.25, 0.3) is 5.57 Å². The van der Waals surface area contributed by atoms with Crippen LogP contribution in [0.1, 0.15) is 38.8 Å². The van der Waals surface area contributed by atoms with Gasteiger partial charge in [0.05, 0.1) is 22.7 Å². The summed E-state index contributed by atoms with van der Waals surface area (Å²) in [6.45, 7) is 17.5. The number of hydrogen-bond donors (Lipinski definition) is 3. The molecule has 1 heterocycles. The number of rotatable bonds is 8. The Morgan fingerprint density at radius 1 is 1.19 bits per heavy atom. The fourth-order valence-corrected chi connectivity index (χ4v) is 3.40. The number of aliphatic hydroxyl groups is 1. The maximum Gasteiger partial charge on any atom is 0.143 e. The average Bonchev–Trinajstić information content (AvgIpc) is 2.77. The van der Waals surface area contributed by atoms with Crippen molar-refractivity contribution in [1.82, 2.24) is 4.90 Å². The summed E-state index contributed by atoms with van der Waals surface area (Å²) in [6, 6.07) is 13.8. The van der Waals surface area contributed by atoms with Gasteiger partial charge in [-0.05, 0) is 68.7 Å². The van der Waals surface area contributed by atoms with Crippen LogP contribution in [0, 0.1) is 0 Å². The van der Waals surface area contributed by atoms with Crippen LogP contribution in [0.5, 0.6) is 5.75 Å². The molecule has 0 atom stereocenters. The van der Waals surface area contributed by atoms with E-state index in [0.717, 1.165) is 46.1 Å². The Morgan fingerprint density at radius 2 is 1.91 bits per heavy atom. The molecular weight excluding hydrogens is 398 g/mol. The number of nitrogens with zero attached hydrogens (tertiary/aromatic N) is 1. The van der Waals surface area contributed by atoms with Crippen LogP contribution in [-0.4, -0.2) is 23.2 Å². The van der Waals surface area contributed by atoms with Gasteiger partial charge in [-0.25, -0.2) is 0 Å². The molecule has 0 saturated carbocycles. The maximum absolute atomic E-state index is 10.1. The zero-order valence-corrected chi connectivity index (χ0v) is 19.4. The first-order chi connectivity index (χ1) is 15.2. The molecule has 1 aliphatic heterocycles. The molecule has 0 bridgehead atoms. The molecule has 0 saturated heterocycles. The molecule has 5 nitrogen and oxygen atoms in total. The Hall–Kier alpha value is -3.44. The lowest BCUT2D eigenvalue weighted by molar-refractivity contribution is 0.0786. The third-order valence-corrected chi connectivity index (χ3v) is 5.30. The molecule has 0 unspecified atom stereocenters. The van der Waals surface area contributed by atoms with Crippen LogP contribution in [0.3, 0.4) is 0 Å². The fraction of sp³-hybridized carbons (Fsp3) is 0.259. The summed E-state index contributed by atoms with van der Waals surface area (Å²) in [5, 5.41) is 16.8. The molecule has 3 N–H and O–H groups in total. The molecule has 0 fully saturated rings. The minimum Gasteiger partial charge on any atom is -0.490 e. The van der Waals surface area contributed by atoms with Crippen molar-refractivity contribution in [1.29, 1.82) is 0 Å². The van der Waals surface area contributed by atoms with E-state index < -0.39 is 5.60 Å². The number of hydrogen-bond acceptors (Lipinski definition) is 5. The molecule has 3 rings (SSSR count). The van der Waals surface area contributed by atoms with Gasteiger partial charge in [-0.3, -0.25) is 0 Å². The molecule has 0 amide bonds. The number of benzene rings is 2. The van der Waals surface area contributed by atoms with Crippen molar-refractivity contribution in [3.8, 4) is 5.75 Å². The van der Waals surface area contributed by atoms with Gasteiger partial charge in [-0.15, -0.1) is 0 Å². The summed E-state index contributed by atoms with van der Waals surface area (Å²) in [5.74, 6) is 0.874. The lowest BCUT2D eigenvalue weighted by Crippen LogP contribution is -2.18. The normalized spacial score (nSPS) is 13.7. The van der Waals surface area contributed by atoms with Crippen LogP contribution in [0.15, 0.2) is 85.5 Å². The second kappa shape index (κ2) is 9.79. The molecular formula is C27H33N3O2. The summed E-state index contributed by atoms with van der Waals surface area (Å²) < 4.78 is 5.77. The van der Waals surface area contributed by atoms with E-state index in [1.54, 1.807) is 13.8 Å². The molecule has 5 heteroatoms. The summed E-state index contributed by atoms with van der Waals surface area (Å²) in [5.41, 5.74) is 5.44. The number of ether oxygens (including phenoxy) is 1. The molecule has 1 aliphatic rings. The molecule has 0 spiro atoms. The first-order valence-corrected chi connectivity index (χ1v) is 10.8. The van der Waals surface area contributed by atoms with E-state index >= 15 is 0 Å². The number of fused-ring (bicyclic) bond motifs is 1. The highest BCUT2D eigenvalue weighted by molar-refractivity contribution is 5.70. The van der Waals surface area contributed by atoms with Crippen molar-refractivity contribution in [2.75, 3.05) is 23.8 Å². The minimum absolute atomic E-state index is 0.670. The molecule has 2 aromatic rings. The van der Waals surface area contributed by atoms with Gasteiger partial charge in [0.15, 0.2) is 0 Å². The topological polar surface area (TPSA) is 56.8 Å². The second-order valence-electron chi connectivity index (χ2n) is 8.37. The van der Waals surface area contributed by atoms with Gasteiger partial charge in [0, 0.05) is 24.6 Å². The third kappa shape index (κ3) is 5.62. The lowest BCUT2D eigenvalue weighted by atomic mass is 9.98. The summed E-state index contributed by atoms with van der Waals surface area (Å²) in [6.07, 6.45) is 5.94. The van der Waals surface area contributed by atoms with Crippen molar-refractivity contribution in [3.05, 3.63) is 96.6 Å². The highest BCUT2D eigenvalue weighted by Gasteiger charge is 2.16. The average molecular weight is 432 g/mol. The quantitative estimate of drug-likeness (QED) is 0.444. The number of anilines is 2. The predicted molar refractivity (Wildman–Crippen MR) is 134 cm³/mol. The van der Waals surface area contributed by atoms with Crippen LogP contribution in [0.2, 0.25) is 0 Å². The predicted octanol–water partition coefficient (Wildman–Crippen LogP) is 6.05. The van der Waals surface area contributed by atoms with E-state index in [9.17, 15) is 5.11 Å². The van der Waals surface area contributed by atoms with E-state index in [4.69, 9.17) is 4.74 Å². The summed E-state index contributed by atoms with van der Waals surface area (Å²) in [4.78, 5) is 1.95. The lowest BCUT2D eigenvalue weighted by Gasteiger charge is -2.24. The van der Waals surface area contributed by atoms with Crippen LogP contribution < -0.4 is 15.4 Å². The fourth-order valence-electron chi connectivity index (χ4n) is 3.40. The first kappa shape index (κ1) is 23.2. The maximum atomic E-state index is 10.1. The van der Waals surface area contributed by atoms with Crippen molar-refractivity contribution in [2.24, 2.45) is 0 Å². The van der Waals surface area contributed by atoms with Gasteiger partial charge in [-0.1, -0.05) is 37.4 Å². The third-order valence-electron chi connectivity index (χ3n) is 5.30. The number of nitrogens with one attached hydrogen (secondary N) is 2.